The van der Waals surface area contributed by atoms with Crippen molar-refractivity contribution in [2.75, 3.05) is 0 Å². The van der Waals surface area contributed by atoms with E-state index >= 15 is 0 Å². The minimum absolute atomic E-state index is 0. The second kappa shape index (κ2) is 6.22. The van der Waals surface area contributed by atoms with Gasteiger partial charge < -0.3 is 9.59 Å². The van der Waals surface area contributed by atoms with Crippen LogP contribution in [0.1, 0.15) is 29.6 Å². The van der Waals surface area contributed by atoms with Gasteiger partial charge in [0.2, 0.25) is 0 Å². The van der Waals surface area contributed by atoms with E-state index in [1.165, 1.54) is 0 Å². The van der Waals surface area contributed by atoms with Crippen molar-refractivity contribution in [2.24, 2.45) is 0 Å². The van der Waals surface area contributed by atoms with E-state index in [1.807, 2.05) is 6.07 Å². The monoisotopic (exact) mass is 288 g/mol. The van der Waals surface area contributed by atoms with E-state index in [0.29, 0.717) is 18.4 Å². The minimum atomic E-state index is -0.194. The van der Waals surface area contributed by atoms with Gasteiger partial charge in [-0.25, -0.2) is 0 Å². The van der Waals surface area contributed by atoms with Gasteiger partial charge in [-0.05, 0) is 12.0 Å². The summed E-state index contributed by atoms with van der Waals surface area (Å²) in [5.41, 5.74) is 0.808. The third-order valence-electron chi connectivity index (χ3n) is 2.42. The summed E-state index contributed by atoms with van der Waals surface area (Å²) in [4.78, 5) is 23.4. The summed E-state index contributed by atoms with van der Waals surface area (Å²) in [6.45, 7) is 0. The number of Topliss-reactive ketones (excluding diaryl/α,β-unsaturated/α-hetero) is 2. The van der Waals surface area contributed by atoms with E-state index in [4.69, 9.17) is 0 Å². The molecule has 0 saturated carbocycles. The van der Waals surface area contributed by atoms with Gasteiger partial charge in [-0.2, -0.15) is 6.08 Å². The summed E-state index contributed by atoms with van der Waals surface area (Å²) in [7, 11) is 0. The molecule has 0 unspecified atom stereocenters. The molecular weight excluding hydrogens is 277 g/mol. The third-order valence-corrected chi connectivity index (χ3v) is 2.42. The maximum atomic E-state index is 11.9. The number of allylic oxidation sites excluding steroid dienone is 2. The topological polar surface area (TPSA) is 34.1 Å². The zero-order chi connectivity index (χ0) is 10.7. The van der Waals surface area contributed by atoms with E-state index in [-0.39, 0.29) is 49.8 Å². The van der Waals surface area contributed by atoms with E-state index in [0.717, 1.165) is 6.42 Å². The molecule has 0 saturated heterocycles. The number of carbonyl (C=O) groups excluding carboxylic acids is 2. The van der Waals surface area contributed by atoms with Crippen molar-refractivity contribution in [3.05, 3.63) is 47.5 Å². The summed E-state index contributed by atoms with van der Waals surface area (Å²) in [5.74, 6) is -0.268. The van der Waals surface area contributed by atoms with Crippen LogP contribution in [0.5, 0.6) is 0 Å². The van der Waals surface area contributed by atoms with Crippen molar-refractivity contribution in [1.29, 1.82) is 0 Å². The average molecular weight is 288 g/mol. The average Bonchev–Trinajstić information content (AvgIpc) is 2.30. The van der Waals surface area contributed by atoms with Crippen LogP contribution in [0.3, 0.4) is 0 Å². The van der Waals surface area contributed by atoms with Gasteiger partial charge in [-0.15, -0.1) is 5.57 Å². The van der Waals surface area contributed by atoms with E-state index in [1.54, 1.807) is 24.3 Å². The molecule has 0 bridgehead atoms. The molecule has 0 heterocycles. The third kappa shape index (κ3) is 2.96. The second-order valence-electron chi connectivity index (χ2n) is 3.52. The maximum Gasteiger partial charge on any atom is 0.0816 e. The normalized spacial score (nSPS) is 15.0. The maximum absolute atomic E-state index is 11.9. The van der Waals surface area contributed by atoms with E-state index < -0.39 is 0 Å². The molecule has 2 rings (SSSR count). The first-order valence-electron chi connectivity index (χ1n) is 5.03. The number of hydrogen-bond donors (Lipinski definition) is 0. The molecule has 1 aliphatic carbocycles. The fourth-order valence-electron chi connectivity index (χ4n) is 1.63. The van der Waals surface area contributed by atoms with Gasteiger partial charge >= 0.3 is 0 Å². The van der Waals surface area contributed by atoms with Gasteiger partial charge in [0.05, 0.1) is 11.6 Å². The van der Waals surface area contributed by atoms with Gasteiger partial charge in [0, 0.05) is 32.7 Å². The van der Waals surface area contributed by atoms with Crippen LogP contribution in [0.4, 0.5) is 0 Å². The van der Waals surface area contributed by atoms with E-state index in [2.05, 4.69) is 6.08 Å². The summed E-state index contributed by atoms with van der Waals surface area (Å²) in [6.07, 6.45) is 4.88. The SMILES string of the molecule is O=C1CCC[C-]=C1C(=O)c1ccccc1.[Y]. The molecule has 0 spiro atoms. The molecule has 0 N–H and O–H groups in total. The van der Waals surface area contributed by atoms with Crippen LogP contribution in [0.2, 0.25) is 0 Å². The molecule has 79 valence electrons. The van der Waals surface area contributed by atoms with Crippen LogP contribution in [-0.4, -0.2) is 11.6 Å². The zero-order valence-electron chi connectivity index (χ0n) is 8.90. The van der Waals surface area contributed by atoms with Gasteiger partial charge in [-0.1, -0.05) is 43.2 Å². The summed E-state index contributed by atoms with van der Waals surface area (Å²) < 4.78 is 0. The van der Waals surface area contributed by atoms with Crippen molar-refractivity contribution < 1.29 is 42.3 Å². The standard InChI is InChI=1S/C13H11O2.Y/c14-12-9-5-4-8-11(12)13(15)10-6-2-1-3-7-10;/h1-3,6-7H,4-5,9H2;/q-1;. The van der Waals surface area contributed by atoms with Crippen LogP contribution >= 0.6 is 0 Å². The van der Waals surface area contributed by atoms with Crippen molar-refractivity contribution in [3.63, 3.8) is 0 Å². The number of hydrogen-bond acceptors (Lipinski definition) is 2. The van der Waals surface area contributed by atoms with Gasteiger partial charge in [0.15, 0.2) is 0 Å². The predicted octanol–water partition coefficient (Wildman–Crippen LogP) is 2.35. The Morgan fingerprint density at radius 1 is 1.19 bits per heavy atom. The Labute approximate surface area is 120 Å². The van der Waals surface area contributed by atoms with Crippen molar-refractivity contribution in [3.8, 4) is 0 Å². The fourth-order valence-corrected chi connectivity index (χ4v) is 1.63. The van der Waals surface area contributed by atoms with Crippen LogP contribution < -0.4 is 0 Å². The Morgan fingerprint density at radius 3 is 2.50 bits per heavy atom. The van der Waals surface area contributed by atoms with Crippen LogP contribution in [0, 0.1) is 6.08 Å². The largest absolute Gasteiger partial charge is 0.370 e. The predicted molar refractivity (Wildman–Crippen MR) is 56.4 cm³/mol. The molecule has 0 atom stereocenters. The Bertz CT molecular complexity index is 421. The Balaban J connectivity index is 0.00000128. The molecule has 0 aromatic heterocycles. The second-order valence-corrected chi connectivity index (χ2v) is 3.52. The van der Waals surface area contributed by atoms with Gasteiger partial charge in [-0.3, -0.25) is 0 Å². The number of carbonyl (C=O) groups is 2. The van der Waals surface area contributed by atoms with Crippen molar-refractivity contribution in [1.82, 2.24) is 0 Å². The first-order chi connectivity index (χ1) is 7.29. The Morgan fingerprint density at radius 2 is 1.88 bits per heavy atom. The number of benzene rings is 1. The summed E-state index contributed by atoms with van der Waals surface area (Å²) in [5, 5.41) is 0. The zero-order valence-corrected chi connectivity index (χ0v) is 11.7. The van der Waals surface area contributed by atoms with Gasteiger partial charge in [0.1, 0.15) is 0 Å². The molecule has 1 aromatic carbocycles. The number of rotatable bonds is 2. The molecule has 1 radical (unpaired) electrons. The molecule has 0 fully saturated rings. The molecule has 16 heavy (non-hydrogen) atoms. The molecule has 1 aromatic rings. The van der Waals surface area contributed by atoms with Crippen LogP contribution in [0.15, 0.2) is 35.9 Å². The summed E-state index contributed by atoms with van der Waals surface area (Å²) in [6, 6.07) is 8.87. The van der Waals surface area contributed by atoms with Gasteiger partial charge in [0.25, 0.3) is 0 Å². The molecule has 0 aliphatic heterocycles. The van der Waals surface area contributed by atoms with Crippen molar-refractivity contribution >= 4 is 11.6 Å². The quantitative estimate of drug-likeness (QED) is 0.475. The molecule has 0 amide bonds. The number of ketones is 2. The van der Waals surface area contributed by atoms with Crippen molar-refractivity contribution in [2.45, 2.75) is 19.3 Å². The summed E-state index contributed by atoms with van der Waals surface area (Å²) >= 11 is 0. The first-order valence-corrected chi connectivity index (χ1v) is 5.03. The molecule has 2 nitrogen and oxygen atoms in total. The van der Waals surface area contributed by atoms with Crippen LogP contribution in [0.25, 0.3) is 0 Å². The fraction of sp³-hybridized carbons (Fsp3) is 0.231. The minimum Gasteiger partial charge on any atom is -0.370 e. The first kappa shape index (κ1) is 13.5. The molecule has 1 aliphatic rings. The molecular formula is C13H11O2Y-. The molecule has 3 heteroatoms. The van der Waals surface area contributed by atoms with Crippen LogP contribution in [-0.2, 0) is 37.5 Å². The van der Waals surface area contributed by atoms with E-state index in [9.17, 15) is 9.59 Å². The smallest absolute Gasteiger partial charge is 0.0816 e. The Hall–Kier alpha value is -0.596. The Kier molecular flexibility index (Phi) is 5.23.